The molecular weight excluding hydrogens is 256 g/mol. The molecule has 1 spiro atoms. The predicted molar refractivity (Wildman–Crippen MR) is 74.0 cm³/mol. The van der Waals surface area contributed by atoms with Crippen molar-refractivity contribution in [2.45, 2.75) is 51.7 Å². The number of rotatable bonds is 3. The number of esters is 1. The summed E-state index contributed by atoms with van der Waals surface area (Å²) in [7, 11) is 0. The quantitative estimate of drug-likeness (QED) is 0.589. The van der Waals surface area contributed by atoms with Crippen molar-refractivity contribution in [2.75, 3.05) is 19.8 Å². The highest BCUT2D eigenvalue weighted by molar-refractivity contribution is 5.70. The van der Waals surface area contributed by atoms with E-state index < -0.39 is 5.79 Å². The Balaban J connectivity index is 1.75. The van der Waals surface area contributed by atoms with Gasteiger partial charge in [-0.2, -0.15) is 0 Å². The van der Waals surface area contributed by atoms with E-state index in [2.05, 4.69) is 13.0 Å². The van der Waals surface area contributed by atoms with Crippen LogP contribution in [0.25, 0.3) is 0 Å². The zero-order valence-corrected chi connectivity index (χ0v) is 12.4. The highest BCUT2D eigenvalue weighted by atomic mass is 16.7. The summed E-state index contributed by atoms with van der Waals surface area (Å²) in [5, 5.41) is 0. The van der Waals surface area contributed by atoms with E-state index in [4.69, 9.17) is 14.2 Å². The Hall–Kier alpha value is -0.870. The average Bonchev–Trinajstić information content (AvgIpc) is 2.98. The van der Waals surface area contributed by atoms with Crippen molar-refractivity contribution in [1.29, 1.82) is 0 Å². The van der Waals surface area contributed by atoms with Crippen LogP contribution in [0.4, 0.5) is 0 Å². The maximum atomic E-state index is 11.8. The van der Waals surface area contributed by atoms with Crippen molar-refractivity contribution in [1.82, 2.24) is 0 Å². The molecule has 20 heavy (non-hydrogen) atoms. The molecule has 2 aliphatic carbocycles. The van der Waals surface area contributed by atoms with E-state index in [1.165, 1.54) is 5.57 Å². The molecule has 0 radical (unpaired) electrons. The van der Waals surface area contributed by atoms with Crippen LogP contribution in [0.2, 0.25) is 0 Å². The Bertz CT molecular complexity index is 422. The smallest absolute Gasteiger partial charge is 0.306 e. The summed E-state index contributed by atoms with van der Waals surface area (Å²) < 4.78 is 16.7. The zero-order valence-electron chi connectivity index (χ0n) is 12.4. The molecule has 0 aromatic heterocycles. The second-order valence-electron chi connectivity index (χ2n) is 6.34. The highest BCUT2D eigenvalue weighted by Gasteiger charge is 2.50. The summed E-state index contributed by atoms with van der Waals surface area (Å²) in [6.07, 6.45) is 6.78. The van der Waals surface area contributed by atoms with E-state index >= 15 is 0 Å². The third-order valence-electron chi connectivity index (χ3n) is 5.28. The number of carbonyl (C=O) groups is 1. The minimum Gasteiger partial charge on any atom is -0.466 e. The van der Waals surface area contributed by atoms with Gasteiger partial charge in [0.2, 0.25) is 0 Å². The van der Waals surface area contributed by atoms with Gasteiger partial charge in [-0.3, -0.25) is 4.79 Å². The van der Waals surface area contributed by atoms with E-state index in [0.29, 0.717) is 32.2 Å². The summed E-state index contributed by atoms with van der Waals surface area (Å²) in [6, 6.07) is 0. The molecule has 0 unspecified atom stereocenters. The van der Waals surface area contributed by atoms with Gasteiger partial charge in [0.05, 0.1) is 19.8 Å². The van der Waals surface area contributed by atoms with Crippen LogP contribution in [-0.4, -0.2) is 31.6 Å². The van der Waals surface area contributed by atoms with E-state index in [1.54, 1.807) is 0 Å². The van der Waals surface area contributed by atoms with Gasteiger partial charge in [-0.1, -0.05) is 12.5 Å². The van der Waals surface area contributed by atoms with Crippen LogP contribution in [-0.2, 0) is 19.0 Å². The van der Waals surface area contributed by atoms with Crippen LogP contribution in [0, 0.1) is 11.3 Å². The molecule has 3 aliphatic rings. The van der Waals surface area contributed by atoms with Gasteiger partial charge in [0, 0.05) is 12.8 Å². The van der Waals surface area contributed by atoms with Crippen LogP contribution in [0.3, 0.4) is 0 Å². The summed E-state index contributed by atoms with van der Waals surface area (Å²) in [5.74, 6) is -0.131. The van der Waals surface area contributed by atoms with E-state index in [1.807, 2.05) is 6.92 Å². The molecule has 112 valence electrons. The van der Waals surface area contributed by atoms with Gasteiger partial charge in [-0.05, 0) is 43.6 Å². The normalized spacial score (nSPS) is 34.9. The minimum atomic E-state index is -0.465. The lowest BCUT2D eigenvalue weighted by atomic mass is 9.68. The van der Waals surface area contributed by atoms with Crippen molar-refractivity contribution in [3.8, 4) is 0 Å². The number of ether oxygens (including phenoxy) is 3. The molecule has 0 N–H and O–H groups in total. The van der Waals surface area contributed by atoms with Gasteiger partial charge >= 0.3 is 5.97 Å². The third kappa shape index (κ3) is 2.29. The van der Waals surface area contributed by atoms with Gasteiger partial charge < -0.3 is 14.2 Å². The monoisotopic (exact) mass is 280 g/mol. The lowest BCUT2D eigenvalue weighted by molar-refractivity contribution is -0.146. The molecule has 4 heteroatoms. The maximum Gasteiger partial charge on any atom is 0.306 e. The Morgan fingerprint density at radius 2 is 2.15 bits per heavy atom. The van der Waals surface area contributed by atoms with Gasteiger partial charge in [0.25, 0.3) is 0 Å². The second-order valence-corrected chi connectivity index (χ2v) is 6.34. The summed E-state index contributed by atoms with van der Waals surface area (Å²) in [6.45, 7) is 5.99. The van der Waals surface area contributed by atoms with Crippen molar-refractivity contribution in [2.24, 2.45) is 11.3 Å². The molecule has 1 saturated carbocycles. The molecule has 1 saturated heterocycles. The van der Waals surface area contributed by atoms with Gasteiger partial charge in [0.1, 0.15) is 0 Å². The van der Waals surface area contributed by atoms with E-state index in [-0.39, 0.29) is 11.4 Å². The molecular formula is C16H24O4. The van der Waals surface area contributed by atoms with Crippen molar-refractivity contribution >= 4 is 5.97 Å². The van der Waals surface area contributed by atoms with Crippen molar-refractivity contribution in [3.05, 3.63) is 11.6 Å². The molecule has 4 nitrogen and oxygen atoms in total. The van der Waals surface area contributed by atoms with Crippen molar-refractivity contribution in [3.63, 3.8) is 0 Å². The largest absolute Gasteiger partial charge is 0.466 e. The summed E-state index contributed by atoms with van der Waals surface area (Å²) in [5.41, 5.74) is 1.53. The fourth-order valence-electron chi connectivity index (χ4n) is 4.02. The van der Waals surface area contributed by atoms with Crippen LogP contribution in [0.5, 0.6) is 0 Å². The first kappa shape index (κ1) is 14.1. The van der Waals surface area contributed by atoms with Crippen LogP contribution >= 0.6 is 0 Å². The number of carbonyl (C=O) groups excluding carboxylic acids is 1. The lowest BCUT2D eigenvalue weighted by Crippen LogP contribution is -2.38. The molecule has 0 aromatic rings. The summed E-state index contributed by atoms with van der Waals surface area (Å²) in [4.78, 5) is 11.8. The Morgan fingerprint density at radius 3 is 2.85 bits per heavy atom. The SMILES string of the molecule is CCOC(=O)C[C@H]1CCC2=CC3(CC[C@@]21C)OCCO3. The first-order chi connectivity index (χ1) is 9.58. The number of hydrogen-bond donors (Lipinski definition) is 0. The lowest BCUT2D eigenvalue weighted by Gasteiger charge is -2.41. The van der Waals surface area contributed by atoms with E-state index in [0.717, 1.165) is 25.7 Å². The molecule has 1 heterocycles. The van der Waals surface area contributed by atoms with Crippen LogP contribution in [0.15, 0.2) is 11.6 Å². The standard InChI is InChI=1S/C16H24O4/c1-3-18-14(17)10-12-4-5-13-11-16(19-8-9-20-16)7-6-15(12,13)2/h11-12H,3-10H2,1-2H3/t12-,15-/m1/s1. The van der Waals surface area contributed by atoms with Gasteiger partial charge in [-0.15, -0.1) is 0 Å². The fraction of sp³-hybridized carbons (Fsp3) is 0.812. The molecule has 0 aromatic carbocycles. The Kier molecular flexibility index (Phi) is 3.63. The zero-order chi connectivity index (χ0) is 14.2. The Labute approximate surface area is 120 Å². The Morgan fingerprint density at radius 1 is 1.40 bits per heavy atom. The molecule has 0 bridgehead atoms. The second kappa shape index (κ2) is 5.15. The molecule has 1 aliphatic heterocycles. The first-order valence-corrected chi connectivity index (χ1v) is 7.74. The fourth-order valence-corrected chi connectivity index (χ4v) is 4.02. The molecule has 3 rings (SSSR count). The van der Waals surface area contributed by atoms with Gasteiger partial charge in [-0.25, -0.2) is 0 Å². The molecule has 2 atom stereocenters. The topological polar surface area (TPSA) is 44.8 Å². The number of hydrogen-bond acceptors (Lipinski definition) is 4. The minimum absolute atomic E-state index is 0.0615. The van der Waals surface area contributed by atoms with Gasteiger partial charge in [0.15, 0.2) is 5.79 Å². The maximum absolute atomic E-state index is 11.8. The van der Waals surface area contributed by atoms with Crippen LogP contribution in [0.1, 0.15) is 46.0 Å². The number of allylic oxidation sites excluding steroid dienone is 1. The van der Waals surface area contributed by atoms with Crippen LogP contribution < -0.4 is 0 Å². The number of fused-ring (bicyclic) bond motifs is 1. The average molecular weight is 280 g/mol. The predicted octanol–water partition coefficient (Wildman–Crippen LogP) is 2.82. The van der Waals surface area contributed by atoms with Crippen molar-refractivity contribution < 1.29 is 19.0 Å². The third-order valence-corrected chi connectivity index (χ3v) is 5.28. The molecule has 2 fully saturated rings. The first-order valence-electron chi connectivity index (χ1n) is 7.74. The molecule has 0 amide bonds. The van der Waals surface area contributed by atoms with E-state index in [9.17, 15) is 4.79 Å². The summed E-state index contributed by atoms with van der Waals surface area (Å²) >= 11 is 0. The highest BCUT2D eigenvalue weighted by Crippen LogP contribution is 2.56.